The number of benzene rings is 2. The number of amides is 1. The number of methoxy groups -OCH3 is 1. The topological polar surface area (TPSA) is 84.9 Å². The molecular formula is C24H32N2O5S. The van der Waals surface area contributed by atoms with Gasteiger partial charge in [-0.25, -0.2) is 8.42 Å². The predicted octanol–water partition coefficient (Wildman–Crippen LogP) is 4.37. The molecule has 3 rings (SSSR count). The van der Waals surface area contributed by atoms with Gasteiger partial charge in [0.25, 0.3) is 0 Å². The predicted molar refractivity (Wildman–Crippen MR) is 125 cm³/mol. The highest BCUT2D eigenvalue weighted by Crippen LogP contribution is 2.30. The average Bonchev–Trinajstić information content (AvgIpc) is 2.79. The fourth-order valence-electron chi connectivity index (χ4n) is 3.70. The van der Waals surface area contributed by atoms with E-state index >= 15 is 0 Å². The first kappa shape index (κ1) is 24.1. The molecule has 7 nitrogen and oxygen atoms in total. The number of aryl methyl sites for hydroxylation is 1. The van der Waals surface area contributed by atoms with Gasteiger partial charge in [0.05, 0.1) is 24.3 Å². The number of rotatable bonds is 10. The SMILES string of the molecule is COc1ccc(S(=O)(=O)N2CCCCC2)cc1NC(=O)CCCCOc1cccc(C)c1. The van der Waals surface area contributed by atoms with Crippen molar-refractivity contribution in [3.63, 3.8) is 0 Å². The molecule has 2 aromatic carbocycles. The van der Waals surface area contributed by atoms with Crippen LogP contribution in [-0.2, 0) is 14.8 Å². The van der Waals surface area contributed by atoms with Crippen LogP contribution in [0.4, 0.5) is 5.69 Å². The summed E-state index contributed by atoms with van der Waals surface area (Å²) >= 11 is 0. The number of sulfonamides is 1. The molecule has 0 radical (unpaired) electrons. The monoisotopic (exact) mass is 460 g/mol. The number of carbonyl (C=O) groups excluding carboxylic acids is 1. The second-order valence-corrected chi connectivity index (χ2v) is 9.94. The van der Waals surface area contributed by atoms with Crippen molar-refractivity contribution in [3.05, 3.63) is 48.0 Å². The van der Waals surface area contributed by atoms with E-state index in [0.717, 1.165) is 37.0 Å². The minimum Gasteiger partial charge on any atom is -0.495 e. The van der Waals surface area contributed by atoms with Gasteiger partial charge in [0.1, 0.15) is 11.5 Å². The molecule has 0 aliphatic carbocycles. The fourth-order valence-corrected chi connectivity index (χ4v) is 5.24. The first-order valence-corrected chi connectivity index (χ1v) is 12.5. The maximum atomic E-state index is 13.0. The molecule has 0 unspecified atom stereocenters. The van der Waals surface area contributed by atoms with Gasteiger partial charge in [-0.15, -0.1) is 0 Å². The van der Waals surface area contributed by atoms with Gasteiger partial charge in [-0.05, 0) is 68.5 Å². The highest BCUT2D eigenvalue weighted by molar-refractivity contribution is 7.89. The third-order valence-corrected chi connectivity index (χ3v) is 7.35. The van der Waals surface area contributed by atoms with Crippen molar-refractivity contribution in [3.8, 4) is 11.5 Å². The molecule has 1 heterocycles. The molecule has 0 atom stereocenters. The molecule has 1 aliphatic heterocycles. The minimum atomic E-state index is -3.59. The number of nitrogens with one attached hydrogen (secondary N) is 1. The summed E-state index contributed by atoms with van der Waals surface area (Å²) in [7, 11) is -2.10. The summed E-state index contributed by atoms with van der Waals surface area (Å²) in [5.74, 6) is 1.07. The smallest absolute Gasteiger partial charge is 0.243 e. The van der Waals surface area contributed by atoms with E-state index in [-0.39, 0.29) is 10.8 Å². The van der Waals surface area contributed by atoms with Crippen LogP contribution in [0.25, 0.3) is 0 Å². The second-order valence-electron chi connectivity index (χ2n) is 8.00. The van der Waals surface area contributed by atoms with E-state index in [1.54, 1.807) is 6.07 Å². The summed E-state index contributed by atoms with van der Waals surface area (Å²) in [6.07, 6.45) is 4.49. The summed E-state index contributed by atoms with van der Waals surface area (Å²) in [6, 6.07) is 12.5. The summed E-state index contributed by atoms with van der Waals surface area (Å²) < 4.78 is 38.5. The van der Waals surface area contributed by atoms with Crippen LogP contribution in [0.3, 0.4) is 0 Å². The molecule has 0 spiro atoms. The maximum absolute atomic E-state index is 13.0. The van der Waals surface area contributed by atoms with Crippen molar-refractivity contribution in [1.82, 2.24) is 4.31 Å². The molecular weight excluding hydrogens is 428 g/mol. The maximum Gasteiger partial charge on any atom is 0.243 e. The van der Waals surface area contributed by atoms with Gasteiger partial charge in [-0.1, -0.05) is 18.6 Å². The molecule has 8 heteroatoms. The Balaban J connectivity index is 1.54. The van der Waals surface area contributed by atoms with E-state index in [1.165, 1.54) is 23.5 Å². The van der Waals surface area contributed by atoms with Crippen LogP contribution in [0.15, 0.2) is 47.4 Å². The molecule has 1 amide bonds. The van der Waals surface area contributed by atoms with Gasteiger partial charge in [-0.3, -0.25) is 4.79 Å². The zero-order valence-corrected chi connectivity index (χ0v) is 19.6. The van der Waals surface area contributed by atoms with Gasteiger partial charge in [0, 0.05) is 19.5 Å². The van der Waals surface area contributed by atoms with Crippen molar-refractivity contribution in [2.45, 2.75) is 50.3 Å². The summed E-state index contributed by atoms with van der Waals surface area (Å²) in [5.41, 5.74) is 1.51. The molecule has 0 saturated carbocycles. The molecule has 0 aromatic heterocycles. The molecule has 0 bridgehead atoms. The number of hydrogen-bond acceptors (Lipinski definition) is 5. The van der Waals surface area contributed by atoms with Gasteiger partial charge < -0.3 is 14.8 Å². The van der Waals surface area contributed by atoms with Crippen LogP contribution in [-0.4, -0.2) is 45.4 Å². The Morgan fingerprint density at radius 3 is 2.56 bits per heavy atom. The molecule has 1 saturated heterocycles. The van der Waals surface area contributed by atoms with E-state index in [4.69, 9.17) is 9.47 Å². The van der Waals surface area contributed by atoms with Crippen molar-refractivity contribution < 1.29 is 22.7 Å². The largest absolute Gasteiger partial charge is 0.495 e. The van der Waals surface area contributed by atoms with Gasteiger partial charge >= 0.3 is 0 Å². The third-order valence-electron chi connectivity index (χ3n) is 5.45. The van der Waals surface area contributed by atoms with E-state index in [2.05, 4.69) is 5.32 Å². The number of unbranched alkanes of at least 4 members (excludes halogenated alkanes) is 1. The quantitative estimate of drug-likeness (QED) is 0.532. The van der Waals surface area contributed by atoms with Crippen LogP contribution in [0.1, 0.15) is 44.1 Å². The molecule has 1 aliphatic rings. The van der Waals surface area contributed by atoms with Crippen molar-refractivity contribution >= 4 is 21.6 Å². The average molecular weight is 461 g/mol. The summed E-state index contributed by atoms with van der Waals surface area (Å²) in [5, 5.41) is 2.81. The minimum absolute atomic E-state index is 0.169. The highest BCUT2D eigenvalue weighted by Gasteiger charge is 2.27. The Hall–Kier alpha value is -2.58. The lowest BCUT2D eigenvalue weighted by atomic mass is 10.2. The Morgan fingerprint density at radius 1 is 1.06 bits per heavy atom. The fraction of sp³-hybridized carbons (Fsp3) is 0.458. The lowest BCUT2D eigenvalue weighted by Gasteiger charge is -2.26. The Bertz CT molecular complexity index is 1020. The van der Waals surface area contributed by atoms with Crippen LogP contribution in [0.2, 0.25) is 0 Å². The first-order valence-electron chi connectivity index (χ1n) is 11.1. The van der Waals surface area contributed by atoms with Crippen LogP contribution >= 0.6 is 0 Å². The van der Waals surface area contributed by atoms with Crippen molar-refractivity contribution in [1.29, 1.82) is 0 Å². The van der Waals surface area contributed by atoms with E-state index in [0.29, 0.717) is 44.0 Å². The number of hydrogen-bond donors (Lipinski definition) is 1. The molecule has 174 valence electrons. The van der Waals surface area contributed by atoms with E-state index in [9.17, 15) is 13.2 Å². The van der Waals surface area contributed by atoms with Gasteiger partial charge in [-0.2, -0.15) is 4.31 Å². The zero-order chi connectivity index (χ0) is 23.0. The first-order chi connectivity index (χ1) is 15.4. The van der Waals surface area contributed by atoms with E-state index in [1.807, 2.05) is 31.2 Å². The standard InChI is InChI=1S/C24H32N2O5S/c1-19-9-8-10-20(17-19)31-16-7-4-11-24(27)25-22-18-21(12-13-23(22)30-2)32(28,29)26-14-5-3-6-15-26/h8-10,12-13,17-18H,3-7,11,14-16H2,1-2H3,(H,25,27). The number of carbonyl (C=O) groups is 1. The lowest BCUT2D eigenvalue weighted by Crippen LogP contribution is -2.35. The van der Waals surface area contributed by atoms with Crippen LogP contribution < -0.4 is 14.8 Å². The van der Waals surface area contributed by atoms with Crippen LogP contribution in [0, 0.1) is 6.92 Å². The zero-order valence-electron chi connectivity index (χ0n) is 18.8. The Morgan fingerprint density at radius 2 is 1.84 bits per heavy atom. The molecule has 1 fully saturated rings. The normalized spacial score (nSPS) is 14.7. The number of ether oxygens (including phenoxy) is 2. The third kappa shape index (κ3) is 6.46. The van der Waals surface area contributed by atoms with Gasteiger partial charge in [0.2, 0.25) is 15.9 Å². The Labute approximate surface area is 190 Å². The number of anilines is 1. The molecule has 2 aromatic rings. The van der Waals surface area contributed by atoms with E-state index < -0.39 is 10.0 Å². The molecule has 1 N–H and O–H groups in total. The number of piperidine rings is 1. The van der Waals surface area contributed by atoms with Gasteiger partial charge in [0.15, 0.2) is 0 Å². The molecule has 32 heavy (non-hydrogen) atoms. The Kier molecular flexibility index (Phi) is 8.53. The summed E-state index contributed by atoms with van der Waals surface area (Å²) in [6.45, 7) is 3.60. The number of nitrogens with zero attached hydrogens (tertiary/aromatic N) is 1. The lowest BCUT2D eigenvalue weighted by molar-refractivity contribution is -0.116. The van der Waals surface area contributed by atoms with Crippen molar-refractivity contribution in [2.75, 3.05) is 32.1 Å². The highest BCUT2D eigenvalue weighted by atomic mass is 32.2. The van der Waals surface area contributed by atoms with Crippen LogP contribution in [0.5, 0.6) is 11.5 Å². The second kappa shape index (κ2) is 11.3. The van der Waals surface area contributed by atoms with Crippen molar-refractivity contribution in [2.24, 2.45) is 0 Å². The summed E-state index contributed by atoms with van der Waals surface area (Å²) in [4.78, 5) is 12.6.